The van der Waals surface area contributed by atoms with Gasteiger partial charge in [-0.05, 0) is 43.1 Å². The maximum Gasteiger partial charge on any atom is 0.323 e. The SMILES string of the molecule is CC(C)(C)C(OC(=O)[C@H]1CC[C@H]2CCCN21)C(C)(C)C. The van der Waals surface area contributed by atoms with Crippen LogP contribution in [0.2, 0.25) is 0 Å². The highest BCUT2D eigenvalue weighted by molar-refractivity contribution is 5.76. The molecule has 0 saturated carbocycles. The van der Waals surface area contributed by atoms with Gasteiger partial charge in [0, 0.05) is 6.04 Å². The van der Waals surface area contributed by atoms with Crippen molar-refractivity contribution in [1.29, 1.82) is 0 Å². The van der Waals surface area contributed by atoms with Crippen molar-refractivity contribution in [2.24, 2.45) is 10.8 Å². The van der Waals surface area contributed by atoms with Crippen molar-refractivity contribution in [3.05, 3.63) is 0 Å². The molecule has 0 bridgehead atoms. The number of fused-ring (bicyclic) bond motifs is 1. The molecule has 3 heteroatoms. The van der Waals surface area contributed by atoms with E-state index in [-0.39, 0.29) is 28.9 Å². The number of carbonyl (C=O) groups excluding carboxylic acids is 1. The van der Waals surface area contributed by atoms with E-state index in [1.807, 2.05) is 0 Å². The summed E-state index contributed by atoms with van der Waals surface area (Å²) in [6.07, 6.45) is 4.58. The summed E-state index contributed by atoms with van der Waals surface area (Å²) in [7, 11) is 0. The molecule has 0 aliphatic carbocycles. The summed E-state index contributed by atoms with van der Waals surface area (Å²) in [5, 5.41) is 0. The Morgan fingerprint density at radius 3 is 2.20 bits per heavy atom. The lowest BCUT2D eigenvalue weighted by molar-refractivity contribution is -0.169. The lowest BCUT2D eigenvalue weighted by Crippen LogP contribution is -2.46. The van der Waals surface area contributed by atoms with Crippen molar-refractivity contribution in [3.63, 3.8) is 0 Å². The number of rotatable bonds is 2. The Bertz CT molecular complexity index is 350. The molecular weight excluding hydrogens is 250 g/mol. The molecular formula is C17H31NO2. The molecule has 2 rings (SSSR count). The molecule has 0 aromatic heterocycles. The van der Waals surface area contributed by atoms with Gasteiger partial charge in [0.1, 0.15) is 12.1 Å². The van der Waals surface area contributed by atoms with E-state index in [1.54, 1.807) is 0 Å². The quantitative estimate of drug-likeness (QED) is 0.724. The monoisotopic (exact) mass is 281 g/mol. The van der Waals surface area contributed by atoms with E-state index in [9.17, 15) is 4.79 Å². The van der Waals surface area contributed by atoms with E-state index in [0.717, 1.165) is 19.4 Å². The van der Waals surface area contributed by atoms with Gasteiger partial charge < -0.3 is 4.74 Å². The van der Waals surface area contributed by atoms with Crippen LogP contribution in [0.25, 0.3) is 0 Å². The van der Waals surface area contributed by atoms with Crippen molar-refractivity contribution >= 4 is 5.97 Å². The molecule has 0 radical (unpaired) electrons. The van der Waals surface area contributed by atoms with Crippen LogP contribution in [0.4, 0.5) is 0 Å². The molecule has 0 unspecified atom stereocenters. The molecule has 2 saturated heterocycles. The fourth-order valence-electron chi connectivity index (χ4n) is 4.19. The van der Waals surface area contributed by atoms with Crippen LogP contribution in [0.15, 0.2) is 0 Å². The predicted octanol–water partition coefficient (Wildman–Crippen LogP) is 3.62. The maximum absolute atomic E-state index is 12.6. The van der Waals surface area contributed by atoms with Crippen LogP contribution in [0.5, 0.6) is 0 Å². The first-order chi connectivity index (χ1) is 9.10. The Morgan fingerprint density at radius 1 is 1.05 bits per heavy atom. The van der Waals surface area contributed by atoms with Gasteiger partial charge in [-0.3, -0.25) is 9.69 Å². The fourth-order valence-corrected chi connectivity index (χ4v) is 4.19. The van der Waals surface area contributed by atoms with E-state index in [2.05, 4.69) is 46.4 Å². The number of esters is 1. The summed E-state index contributed by atoms with van der Waals surface area (Å²) >= 11 is 0. The minimum Gasteiger partial charge on any atom is -0.460 e. The van der Waals surface area contributed by atoms with E-state index < -0.39 is 0 Å². The number of nitrogens with zero attached hydrogens (tertiary/aromatic N) is 1. The number of hydrogen-bond acceptors (Lipinski definition) is 3. The van der Waals surface area contributed by atoms with E-state index in [1.165, 1.54) is 12.8 Å². The molecule has 0 aromatic carbocycles. The molecule has 116 valence electrons. The third kappa shape index (κ3) is 3.19. The van der Waals surface area contributed by atoms with Gasteiger partial charge in [-0.2, -0.15) is 0 Å². The zero-order valence-corrected chi connectivity index (χ0v) is 14.0. The van der Waals surface area contributed by atoms with E-state index >= 15 is 0 Å². The zero-order chi connectivity index (χ0) is 15.1. The highest BCUT2D eigenvalue weighted by atomic mass is 16.5. The van der Waals surface area contributed by atoms with Crippen LogP contribution in [0.1, 0.15) is 67.2 Å². The van der Waals surface area contributed by atoms with Crippen LogP contribution >= 0.6 is 0 Å². The van der Waals surface area contributed by atoms with Gasteiger partial charge in [0.05, 0.1) is 0 Å². The normalized spacial score (nSPS) is 27.9. The molecule has 0 spiro atoms. The van der Waals surface area contributed by atoms with Crippen LogP contribution in [0, 0.1) is 10.8 Å². The highest BCUT2D eigenvalue weighted by Crippen LogP contribution is 2.38. The number of hydrogen-bond donors (Lipinski definition) is 0. The molecule has 2 heterocycles. The van der Waals surface area contributed by atoms with Gasteiger partial charge in [0.2, 0.25) is 0 Å². The number of carbonyl (C=O) groups is 1. The Morgan fingerprint density at radius 2 is 1.65 bits per heavy atom. The van der Waals surface area contributed by atoms with Crippen molar-refractivity contribution in [2.45, 2.75) is 85.4 Å². The molecule has 2 atom stereocenters. The van der Waals surface area contributed by atoms with Gasteiger partial charge >= 0.3 is 5.97 Å². The maximum atomic E-state index is 12.6. The molecule has 2 aliphatic rings. The Labute approximate surface area is 124 Å². The summed E-state index contributed by atoms with van der Waals surface area (Å²) in [4.78, 5) is 15.0. The summed E-state index contributed by atoms with van der Waals surface area (Å²) in [5.41, 5.74) is -0.0617. The first-order valence-electron chi connectivity index (χ1n) is 8.07. The summed E-state index contributed by atoms with van der Waals surface area (Å²) in [6, 6.07) is 0.643. The first-order valence-corrected chi connectivity index (χ1v) is 8.07. The van der Waals surface area contributed by atoms with E-state index in [4.69, 9.17) is 4.74 Å². The van der Waals surface area contributed by atoms with Gasteiger partial charge in [0.25, 0.3) is 0 Å². The highest BCUT2D eigenvalue weighted by Gasteiger charge is 2.44. The predicted molar refractivity (Wildman–Crippen MR) is 81.5 cm³/mol. The van der Waals surface area contributed by atoms with Gasteiger partial charge in [0.15, 0.2) is 0 Å². The summed E-state index contributed by atoms with van der Waals surface area (Å²) in [5.74, 6) is 0.00394. The summed E-state index contributed by atoms with van der Waals surface area (Å²) < 4.78 is 5.99. The second-order valence-electron chi connectivity index (χ2n) is 8.68. The molecule has 0 amide bonds. The van der Waals surface area contributed by atoms with Crippen molar-refractivity contribution in [2.75, 3.05) is 6.54 Å². The molecule has 3 nitrogen and oxygen atoms in total. The van der Waals surface area contributed by atoms with Gasteiger partial charge in [-0.1, -0.05) is 41.5 Å². The lowest BCUT2D eigenvalue weighted by atomic mass is 9.74. The summed E-state index contributed by atoms with van der Waals surface area (Å²) in [6.45, 7) is 14.0. The minimum atomic E-state index is -0.0517. The molecule has 20 heavy (non-hydrogen) atoms. The van der Waals surface area contributed by atoms with Gasteiger partial charge in [-0.25, -0.2) is 0 Å². The molecule has 0 N–H and O–H groups in total. The van der Waals surface area contributed by atoms with E-state index in [0.29, 0.717) is 6.04 Å². The molecule has 0 aromatic rings. The standard InChI is InChI=1S/C17H31NO2/c1-16(2,3)15(17(4,5)6)20-14(19)13-10-9-12-8-7-11-18(12)13/h12-13,15H,7-11H2,1-6H3/t12-,13-/m1/s1. The second kappa shape index (κ2) is 5.32. The Balaban J connectivity index is 2.06. The average molecular weight is 281 g/mol. The Hall–Kier alpha value is -0.570. The third-order valence-electron chi connectivity index (χ3n) is 4.68. The smallest absolute Gasteiger partial charge is 0.323 e. The van der Waals surface area contributed by atoms with Crippen LogP contribution in [0.3, 0.4) is 0 Å². The fraction of sp³-hybridized carbons (Fsp3) is 0.941. The van der Waals surface area contributed by atoms with Crippen molar-refractivity contribution in [3.8, 4) is 0 Å². The topological polar surface area (TPSA) is 29.5 Å². The minimum absolute atomic E-state index is 0.00394. The zero-order valence-electron chi connectivity index (χ0n) is 14.0. The van der Waals surface area contributed by atoms with Crippen LogP contribution in [-0.2, 0) is 9.53 Å². The van der Waals surface area contributed by atoms with Gasteiger partial charge in [-0.15, -0.1) is 0 Å². The molecule has 2 aliphatic heterocycles. The average Bonchev–Trinajstić information content (AvgIpc) is 2.83. The third-order valence-corrected chi connectivity index (χ3v) is 4.68. The van der Waals surface area contributed by atoms with Crippen molar-refractivity contribution in [1.82, 2.24) is 4.90 Å². The number of ether oxygens (including phenoxy) is 1. The van der Waals surface area contributed by atoms with Crippen molar-refractivity contribution < 1.29 is 9.53 Å². The van der Waals surface area contributed by atoms with Crippen LogP contribution in [-0.4, -0.2) is 35.6 Å². The molecule has 2 fully saturated rings. The lowest BCUT2D eigenvalue weighted by Gasteiger charge is -2.40. The largest absolute Gasteiger partial charge is 0.460 e. The first kappa shape index (κ1) is 15.8. The second-order valence-corrected chi connectivity index (χ2v) is 8.68. The Kier molecular flexibility index (Phi) is 4.21. The van der Waals surface area contributed by atoms with Crippen LogP contribution < -0.4 is 0 Å².